The van der Waals surface area contributed by atoms with E-state index in [1.165, 1.54) is 0 Å². The number of benzene rings is 1. The molecule has 0 aliphatic heterocycles. The largest absolute Gasteiger partial charge is 0.397 e. The molecule has 0 heterocycles. The Bertz CT molecular complexity index is 340. The average Bonchev–Trinajstić information content (AvgIpc) is 1.96. The number of rotatable bonds is 1. The first-order valence-electron chi connectivity index (χ1n) is 3.06. The number of hydrogen-bond donors (Lipinski definition) is 2. The van der Waals surface area contributed by atoms with Crippen molar-refractivity contribution in [1.82, 2.24) is 0 Å². The van der Waals surface area contributed by atoms with Gasteiger partial charge < -0.3 is 11.5 Å². The van der Waals surface area contributed by atoms with Gasteiger partial charge in [-0.05, 0) is 50.7 Å². The third kappa shape index (κ3) is 1.89. The van der Waals surface area contributed by atoms with Crippen molar-refractivity contribution < 1.29 is 4.79 Å². The number of halogens is 2. The number of nitrogen functional groups attached to an aromatic ring is 1. The topological polar surface area (TPSA) is 69.1 Å². The van der Waals surface area contributed by atoms with Crippen LogP contribution in [0, 0.1) is 3.57 Å². The number of anilines is 1. The molecule has 1 amide bonds. The van der Waals surface area contributed by atoms with Gasteiger partial charge in [-0.25, -0.2) is 0 Å². The zero-order valence-electron chi connectivity index (χ0n) is 5.97. The zero-order chi connectivity index (χ0) is 9.30. The molecule has 0 spiro atoms. The lowest BCUT2D eigenvalue weighted by Gasteiger charge is -2.04. The predicted octanol–water partition coefficient (Wildman–Crippen LogP) is 1.73. The van der Waals surface area contributed by atoms with Crippen LogP contribution in [0.25, 0.3) is 0 Å². The molecule has 64 valence electrons. The summed E-state index contributed by atoms with van der Waals surface area (Å²) in [4.78, 5) is 10.8. The van der Waals surface area contributed by atoms with Gasteiger partial charge in [0.15, 0.2) is 0 Å². The molecule has 1 aromatic rings. The monoisotopic (exact) mass is 340 g/mol. The summed E-state index contributed by atoms with van der Waals surface area (Å²) in [7, 11) is 0. The van der Waals surface area contributed by atoms with E-state index in [1.54, 1.807) is 6.07 Å². The Morgan fingerprint density at radius 1 is 1.50 bits per heavy atom. The lowest BCUT2D eigenvalue weighted by atomic mass is 10.2. The van der Waals surface area contributed by atoms with E-state index in [9.17, 15) is 4.79 Å². The molecule has 0 fully saturated rings. The maximum absolute atomic E-state index is 10.8. The van der Waals surface area contributed by atoms with Crippen LogP contribution >= 0.6 is 38.5 Å². The number of hydrogen-bond acceptors (Lipinski definition) is 2. The van der Waals surface area contributed by atoms with E-state index < -0.39 is 5.91 Å². The molecule has 0 atom stereocenters. The van der Waals surface area contributed by atoms with Crippen LogP contribution in [0.1, 0.15) is 10.4 Å². The van der Waals surface area contributed by atoms with Gasteiger partial charge in [-0.2, -0.15) is 0 Å². The molecule has 0 saturated carbocycles. The Morgan fingerprint density at radius 3 is 2.58 bits per heavy atom. The molecule has 0 bridgehead atoms. The second-order valence-corrected chi connectivity index (χ2v) is 4.31. The number of amides is 1. The highest BCUT2D eigenvalue weighted by molar-refractivity contribution is 14.1. The molecule has 1 aromatic carbocycles. The van der Waals surface area contributed by atoms with Crippen molar-refractivity contribution in [2.45, 2.75) is 0 Å². The maximum Gasteiger partial charge on any atom is 0.250 e. The van der Waals surface area contributed by atoms with Gasteiger partial charge in [-0.15, -0.1) is 0 Å². The van der Waals surface area contributed by atoms with E-state index in [0.29, 0.717) is 15.7 Å². The zero-order valence-corrected chi connectivity index (χ0v) is 9.72. The second kappa shape index (κ2) is 3.61. The Balaban J connectivity index is 3.37. The summed E-state index contributed by atoms with van der Waals surface area (Å²) in [6, 6.07) is 3.48. The average molecular weight is 341 g/mol. The molecule has 0 unspecified atom stereocenters. The first-order valence-corrected chi connectivity index (χ1v) is 4.94. The van der Waals surface area contributed by atoms with E-state index in [2.05, 4.69) is 38.5 Å². The van der Waals surface area contributed by atoms with E-state index in [-0.39, 0.29) is 0 Å². The van der Waals surface area contributed by atoms with Crippen molar-refractivity contribution in [2.75, 3.05) is 5.73 Å². The van der Waals surface area contributed by atoms with Crippen LogP contribution in [-0.4, -0.2) is 5.91 Å². The Morgan fingerprint density at radius 2 is 2.08 bits per heavy atom. The normalized spacial score (nSPS) is 9.83. The van der Waals surface area contributed by atoms with Gasteiger partial charge in [0.2, 0.25) is 0 Å². The molecule has 0 radical (unpaired) electrons. The molecule has 3 nitrogen and oxygen atoms in total. The van der Waals surface area contributed by atoms with Crippen LogP contribution in [0.5, 0.6) is 0 Å². The Labute approximate surface area is 91.8 Å². The molecule has 5 heteroatoms. The molecule has 4 N–H and O–H groups in total. The Kier molecular flexibility index (Phi) is 2.94. The maximum atomic E-state index is 10.8. The minimum absolute atomic E-state index is 0.355. The van der Waals surface area contributed by atoms with Crippen molar-refractivity contribution in [2.24, 2.45) is 5.73 Å². The SMILES string of the molecule is NC(=O)c1cc(I)cc(Br)c1N. The molecule has 0 aliphatic rings. The minimum Gasteiger partial charge on any atom is -0.397 e. The molecule has 0 aliphatic carbocycles. The summed E-state index contributed by atoms with van der Waals surface area (Å²) in [5.41, 5.74) is 11.5. The first kappa shape index (κ1) is 9.79. The van der Waals surface area contributed by atoms with Crippen molar-refractivity contribution in [1.29, 1.82) is 0 Å². The summed E-state index contributed by atoms with van der Waals surface area (Å²) in [5.74, 6) is -0.508. The Hall–Kier alpha value is -0.300. The highest BCUT2D eigenvalue weighted by atomic mass is 127. The lowest BCUT2D eigenvalue weighted by molar-refractivity contribution is 0.100. The first-order chi connectivity index (χ1) is 5.52. The summed E-state index contributed by atoms with van der Waals surface area (Å²) in [6.07, 6.45) is 0. The van der Waals surface area contributed by atoms with Gasteiger partial charge in [0, 0.05) is 8.04 Å². The number of carbonyl (C=O) groups excluding carboxylic acids is 1. The van der Waals surface area contributed by atoms with Gasteiger partial charge in [0.1, 0.15) is 0 Å². The summed E-state index contributed by atoms with van der Waals surface area (Å²) in [6.45, 7) is 0. The third-order valence-corrected chi connectivity index (χ3v) is 2.64. The van der Waals surface area contributed by atoms with Gasteiger partial charge in [0.25, 0.3) is 5.91 Å². The number of carbonyl (C=O) groups is 1. The second-order valence-electron chi connectivity index (χ2n) is 2.21. The number of nitrogens with two attached hydrogens (primary N) is 2. The molecule has 12 heavy (non-hydrogen) atoms. The van der Waals surface area contributed by atoms with Crippen LogP contribution in [0.3, 0.4) is 0 Å². The third-order valence-electron chi connectivity index (χ3n) is 1.36. The van der Waals surface area contributed by atoms with Crippen LogP contribution in [0.15, 0.2) is 16.6 Å². The minimum atomic E-state index is -0.508. The molecule has 1 rings (SSSR count). The smallest absolute Gasteiger partial charge is 0.250 e. The number of primary amides is 1. The van der Waals surface area contributed by atoms with Crippen molar-refractivity contribution in [3.05, 3.63) is 25.7 Å². The highest BCUT2D eigenvalue weighted by Crippen LogP contribution is 2.25. The highest BCUT2D eigenvalue weighted by Gasteiger charge is 2.09. The summed E-state index contributed by atoms with van der Waals surface area (Å²) >= 11 is 5.32. The molecule has 0 saturated heterocycles. The molecule has 0 aromatic heterocycles. The van der Waals surface area contributed by atoms with Gasteiger partial charge in [-0.1, -0.05) is 0 Å². The van der Waals surface area contributed by atoms with Crippen molar-refractivity contribution >= 4 is 50.1 Å². The van der Waals surface area contributed by atoms with Gasteiger partial charge >= 0.3 is 0 Å². The van der Waals surface area contributed by atoms with Crippen LogP contribution in [0.2, 0.25) is 0 Å². The predicted molar refractivity (Wildman–Crippen MR) is 59.8 cm³/mol. The van der Waals surface area contributed by atoms with Crippen LogP contribution in [0.4, 0.5) is 5.69 Å². The quantitative estimate of drug-likeness (QED) is 0.604. The molecular formula is C7H6BrIN2O. The molecular weight excluding hydrogens is 335 g/mol. The van der Waals surface area contributed by atoms with E-state index >= 15 is 0 Å². The lowest BCUT2D eigenvalue weighted by Crippen LogP contribution is -2.14. The van der Waals surface area contributed by atoms with E-state index in [0.717, 1.165) is 3.57 Å². The van der Waals surface area contributed by atoms with Crippen molar-refractivity contribution in [3.63, 3.8) is 0 Å². The fourth-order valence-corrected chi connectivity index (χ4v) is 2.30. The standard InChI is InChI=1S/C7H6BrIN2O/c8-5-2-3(9)1-4(6(5)10)7(11)12/h1-2H,10H2,(H2,11,12). The summed E-state index contributed by atoms with van der Waals surface area (Å²) < 4.78 is 1.62. The van der Waals surface area contributed by atoms with Crippen LogP contribution < -0.4 is 11.5 Å². The van der Waals surface area contributed by atoms with E-state index in [1.807, 2.05) is 6.07 Å². The summed E-state index contributed by atoms with van der Waals surface area (Å²) in [5, 5.41) is 0. The fraction of sp³-hybridized carbons (Fsp3) is 0. The van der Waals surface area contributed by atoms with E-state index in [4.69, 9.17) is 11.5 Å². The van der Waals surface area contributed by atoms with Crippen molar-refractivity contribution in [3.8, 4) is 0 Å². The van der Waals surface area contributed by atoms with Crippen LogP contribution in [-0.2, 0) is 0 Å². The van der Waals surface area contributed by atoms with Gasteiger partial charge in [-0.3, -0.25) is 4.79 Å². The fourth-order valence-electron chi connectivity index (χ4n) is 0.789. The van der Waals surface area contributed by atoms with Gasteiger partial charge in [0.05, 0.1) is 11.3 Å².